The van der Waals surface area contributed by atoms with Crippen molar-refractivity contribution < 1.29 is 28.7 Å². The van der Waals surface area contributed by atoms with E-state index in [1.807, 2.05) is 0 Å². The molecule has 0 aromatic heterocycles. The van der Waals surface area contributed by atoms with Gasteiger partial charge in [-0.3, -0.25) is 14.9 Å². The number of ether oxygens (including phenoxy) is 1. The Morgan fingerprint density at radius 1 is 1.50 bits per heavy atom. The summed E-state index contributed by atoms with van der Waals surface area (Å²) in [5.41, 5.74) is -3.19. The first-order valence-corrected chi connectivity index (χ1v) is 6.32. The highest BCUT2D eigenvalue weighted by Crippen LogP contribution is 2.31. The molecule has 1 N–H and O–H groups in total. The van der Waals surface area contributed by atoms with Crippen molar-refractivity contribution in [2.24, 2.45) is 0 Å². The zero-order valence-electron chi connectivity index (χ0n) is 11.6. The number of nitrogens with zero attached hydrogens (tertiary/aromatic N) is 2. The zero-order valence-corrected chi connectivity index (χ0v) is 11.6. The number of amides is 1. The number of alkyl halides is 1. The lowest BCUT2D eigenvalue weighted by Crippen LogP contribution is -2.39. The van der Waals surface area contributed by atoms with Crippen molar-refractivity contribution in [2.45, 2.75) is 12.1 Å². The molecule has 0 aliphatic carbocycles. The van der Waals surface area contributed by atoms with E-state index in [2.05, 4.69) is 4.74 Å². The van der Waals surface area contributed by atoms with Crippen molar-refractivity contribution in [1.82, 2.24) is 4.90 Å². The Labute approximate surface area is 124 Å². The molecule has 118 valence electrons. The average Bonchev–Trinajstić information content (AvgIpc) is 2.89. The number of hydrogen-bond donors (Lipinski definition) is 1. The zero-order chi connectivity index (χ0) is 16.5. The van der Waals surface area contributed by atoms with Gasteiger partial charge in [0.05, 0.1) is 18.6 Å². The third-order valence-electron chi connectivity index (χ3n) is 3.47. The quantitative estimate of drug-likeness (QED) is 0.507. The fraction of sp³-hybridized carbons (Fsp3) is 0.385. The number of carbonyl (C=O) groups excluding carboxylic acids is 2. The van der Waals surface area contributed by atoms with Crippen LogP contribution < -0.4 is 0 Å². The fourth-order valence-electron chi connectivity index (χ4n) is 2.32. The van der Waals surface area contributed by atoms with E-state index in [9.17, 15) is 29.2 Å². The Hall–Kier alpha value is -2.71. The summed E-state index contributed by atoms with van der Waals surface area (Å²) < 4.78 is 18.7. The average molecular weight is 312 g/mol. The van der Waals surface area contributed by atoms with Crippen molar-refractivity contribution in [3.8, 4) is 5.75 Å². The molecule has 1 atom stereocenters. The summed E-state index contributed by atoms with van der Waals surface area (Å²) in [7, 11) is 1.04. The highest BCUT2D eigenvalue weighted by Gasteiger charge is 2.48. The van der Waals surface area contributed by atoms with Crippen molar-refractivity contribution in [3.05, 3.63) is 33.9 Å². The number of likely N-dealkylation sites (tertiary alicyclic amines) is 1. The van der Waals surface area contributed by atoms with Gasteiger partial charge in [-0.15, -0.1) is 0 Å². The maximum absolute atomic E-state index is 14.3. The lowest BCUT2D eigenvalue weighted by molar-refractivity contribution is -0.385. The van der Waals surface area contributed by atoms with E-state index in [1.165, 1.54) is 0 Å². The predicted molar refractivity (Wildman–Crippen MR) is 71.1 cm³/mol. The monoisotopic (exact) mass is 312 g/mol. The molecule has 1 amide bonds. The van der Waals surface area contributed by atoms with Crippen LogP contribution in [0.4, 0.5) is 10.1 Å². The molecule has 0 radical (unpaired) electrons. The van der Waals surface area contributed by atoms with E-state index < -0.39 is 34.7 Å². The third kappa shape index (κ3) is 2.69. The van der Waals surface area contributed by atoms with Crippen LogP contribution in [-0.2, 0) is 9.53 Å². The highest BCUT2D eigenvalue weighted by molar-refractivity contribution is 5.99. The van der Waals surface area contributed by atoms with Crippen LogP contribution in [0, 0.1) is 10.1 Å². The molecule has 1 heterocycles. The van der Waals surface area contributed by atoms with Crippen molar-refractivity contribution in [2.75, 3.05) is 20.2 Å². The largest absolute Gasteiger partial charge is 0.508 e. The van der Waals surface area contributed by atoms with Gasteiger partial charge < -0.3 is 14.7 Å². The number of phenols is 1. The second-order valence-electron chi connectivity index (χ2n) is 4.89. The van der Waals surface area contributed by atoms with Crippen LogP contribution in [0.1, 0.15) is 16.8 Å². The molecular formula is C13H13FN2O6. The van der Waals surface area contributed by atoms with E-state index in [4.69, 9.17) is 0 Å². The highest BCUT2D eigenvalue weighted by atomic mass is 19.1. The number of benzene rings is 1. The number of methoxy groups -OCH3 is 1. The van der Waals surface area contributed by atoms with E-state index in [0.717, 1.165) is 30.2 Å². The maximum atomic E-state index is 14.3. The summed E-state index contributed by atoms with van der Waals surface area (Å²) in [6.07, 6.45) is -0.252. The van der Waals surface area contributed by atoms with E-state index >= 15 is 0 Å². The number of aromatic hydroxyl groups is 1. The Kier molecular flexibility index (Phi) is 3.98. The molecule has 8 nitrogen and oxygen atoms in total. The summed E-state index contributed by atoms with van der Waals surface area (Å²) >= 11 is 0. The topological polar surface area (TPSA) is 110 Å². The number of carbonyl (C=O) groups is 2. The number of nitro groups is 1. The molecule has 2 rings (SSSR count). The molecule has 0 saturated carbocycles. The van der Waals surface area contributed by atoms with Gasteiger partial charge in [-0.05, 0) is 12.1 Å². The summed E-state index contributed by atoms with van der Waals surface area (Å²) in [6, 6.07) is 3.01. The molecule has 1 aromatic carbocycles. The molecule has 1 aliphatic heterocycles. The van der Waals surface area contributed by atoms with Gasteiger partial charge in [-0.1, -0.05) is 0 Å². The summed E-state index contributed by atoms with van der Waals surface area (Å²) in [6.45, 7) is -0.636. The first kappa shape index (κ1) is 15.7. The minimum absolute atomic E-state index is 0.0861. The number of hydrogen-bond acceptors (Lipinski definition) is 6. The van der Waals surface area contributed by atoms with Crippen molar-refractivity contribution in [1.29, 1.82) is 0 Å². The van der Waals surface area contributed by atoms with Crippen LogP contribution >= 0.6 is 0 Å². The Bertz CT molecular complexity index is 649. The van der Waals surface area contributed by atoms with Gasteiger partial charge in [0.15, 0.2) is 0 Å². The van der Waals surface area contributed by atoms with Crippen LogP contribution in [0.15, 0.2) is 18.2 Å². The summed E-state index contributed by atoms with van der Waals surface area (Å²) in [4.78, 5) is 34.9. The second kappa shape index (κ2) is 5.58. The van der Waals surface area contributed by atoms with Gasteiger partial charge >= 0.3 is 5.97 Å². The number of nitro benzene ring substituents is 1. The summed E-state index contributed by atoms with van der Waals surface area (Å²) in [5.74, 6) is -2.24. The molecule has 1 saturated heterocycles. The van der Waals surface area contributed by atoms with Crippen LogP contribution in [0.2, 0.25) is 0 Å². The van der Waals surface area contributed by atoms with Gasteiger partial charge in [0.25, 0.3) is 11.6 Å². The Morgan fingerprint density at radius 2 is 2.18 bits per heavy atom. The Balaban J connectivity index is 2.29. The number of esters is 1. The van der Waals surface area contributed by atoms with Gasteiger partial charge in [-0.2, -0.15) is 0 Å². The lowest BCUT2D eigenvalue weighted by Gasteiger charge is -2.19. The van der Waals surface area contributed by atoms with Gasteiger partial charge in [-0.25, -0.2) is 9.18 Å². The summed E-state index contributed by atoms with van der Waals surface area (Å²) in [5, 5.41) is 20.3. The molecule has 1 aromatic rings. The maximum Gasteiger partial charge on any atom is 0.345 e. The fourth-order valence-corrected chi connectivity index (χ4v) is 2.32. The standard InChI is InChI=1S/C13H13FN2O6/c1-22-12(19)13(14)4-5-15(7-13)11(18)9-6-8(17)2-3-10(9)16(20)21/h2-3,6,17H,4-5,7H2,1H3/t13-/m1/s1. The van der Waals surface area contributed by atoms with E-state index in [-0.39, 0.29) is 24.3 Å². The molecule has 1 aliphatic rings. The molecule has 0 unspecified atom stereocenters. The SMILES string of the molecule is COC(=O)[C@@]1(F)CCN(C(=O)c2cc(O)ccc2[N+](=O)[O-])C1. The van der Waals surface area contributed by atoms with E-state index in [1.54, 1.807) is 0 Å². The third-order valence-corrected chi connectivity index (χ3v) is 3.47. The van der Waals surface area contributed by atoms with Crippen molar-refractivity contribution in [3.63, 3.8) is 0 Å². The first-order valence-electron chi connectivity index (χ1n) is 6.32. The molecule has 1 fully saturated rings. The van der Waals surface area contributed by atoms with Gasteiger partial charge in [0.2, 0.25) is 5.67 Å². The first-order chi connectivity index (χ1) is 10.3. The Morgan fingerprint density at radius 3 is 2.77 bits per heavy atom. The molecule has 22 heavy (non-hydrogen) atoms. The molecule has 0 bridgehead atoms. The number of phenolic OH excluding ortho intramolecular Hbond substituents is 1. The smallest absolute Gasteiger partial charge is 0.345 e. The number of rotatable bonds is 3. The minimum atomic E-state index is -2.32. The van der Waals surface area contributed by atoms with Crippen LogP contribution in [0.3, 0.4) is 0 Å². The molecule has 9 heteroatoms. The lowest BCUT2D eigenvalue weighted by atomic mass is 10.1. The normalized spacial score (nSPS) is 20.7. The van der Waals surface area contributed by atoms with Gasteiger partial charge in [0.1, 0.15) is 11.3 Å². The van der Waals surface area contributed by atoms with Gasteiger partial charge in [0, 0.05) is 19.0 Å². The van der Waals surface area contributed by atoms with E-state index in [0.29, 0.717) is 0 Å². The minimum Gasteiger partial charge on any atom is -0.508 e. The van der Waals surface area contributed by atoms with Crippen molar-refractivity contribution >= 4 is 17.6 Å². The van der Waals surface area contributed by atoms with Crippen LogP contribution in [0.5, 0.6) is 5.75 Å². The van der Waals surface area contributed by atoms with Crippen LogP contribution in [0.25, 0.3) is 0 Å². The van der Waals surface area contributed by atoms with Crippen LogP contribution in [-0.4, -0.2) is 52.7 Å². The second-order valence-corrected chi connectivity index (χ2v) is 4.89. The molecule has 0 spiro atoms. The predicted octanol–water partition coefficient (Wildman–Crippen LogP) is 1.03. The number of halogens is 1. The molecular weight excluding hydrogens is 299 g/mol.